The monoisotopic (exact) mass is 291 g/mol. The van der Waals surface area contributed by atoms with Crippen LogP contribution in [0.15, 0.2) is 30.3 Å². The van der Waals surface area contributed by atoms with Crippen LogP contribution in [0.1, 0.15) is 48.0 Å². The van der Waals surface area contributed by atoms with Crippen LogP contribution in [-0.2, 0) is 4.74 Å². The lowest BCUT2D eigenvalue weighted by atomic mass is 10.1. The zero-order chi connectivity index (χ0) is 14.4. The Labute approximate surface area is 124 Å². The van der Waals surface area contributed by atoms with Crippen LogP contribution in [0.25, 0.3) is 0 Å². The van der Waals surface area contributed by atoms with Crippen LogP contribution in [0.3, 0.4) is 0 Å². The third-order valence-electron chi connectivity index (χ3n) is 3.14. The molecule has 4 nitrogen and oxygen atoms in total. The van der Waals surface area contributed by atoms with E-state index in [0.717, 1.165) is 23.0 Å². The largest absolute Gasteiger partial charge is 0.374 e. The second-order valence-electron chi connectivity index (χ2n) is 4.65. The van der Waals surface area contributed by atoms with E-state index in [1.165, 1.54) is 5.56 Å². The molecule has 0 saturated heterocycles. The lowest BCUT2D eigenvalue weighted by molar-refractivity contribution is 0.118. The fourth-order valence-corrected chi connectivity index (χ4v) is 2.89. The predicted octanol–water partition coefficient (Wildman–Crippen LogP) is 3.33. The Morgan fingerprint density at radius 3 is 2.55 bits per heavy atom. The molecule has 0 aliphatic carbocycles. The second-order valence-corrected chi connectivity index (χ2v) is 5.69. The van der Waals surface area contributed by atoms with Gasteiger partial charge in [0.25, 0.3) is 0 Å². The highest BCUT2D eigenvalue weighted by atomic mass is 32.1. The number of ether oxygens (including phenoxy) is 1. The van der Waals surface area contributed by atoms with Crippen molar-refractivity contribution in [3.63, 3.8) is 0 Å². The Morgan fingerprint density at radius 1 is 1.20 bits per heavy atom. The second kappa shape index (κ2) is 7.47. The normalized spacial score (nSPS) is 14.2. The van der Waals surface area contributed by atoms with Gasteiger partial charge in [0.2, 0.25) is 0 Å². The Kier molecular flexibility index (Phi) is 5.64. The molecule has 0 fully saturated rings. The first-order chi connectivity index (χ1) is 9.76. The Morgan fingerprint density at radius 2 is 1.90 bits per heavy atom. The fourth-order valence-electron chi connectivity index (χ4n) is 1.91. The van der Waals surface area contributed by atoms with Crippen molar-refractivity contribution < 1.29 is 4.74 Å². The SMILES string of the molecule is CCCNC(c1ccccc1)c1nnc(C(C)OC)s1. The minimum Gasteiger partial charge on any atom is -0.374 e. The highest BCUT2D eigenvalue weighted by molar-refractivity contribution is 7.11. The van der Waals surface area contributed by atoms with Crippen LogP contribution < -0.4 is 5.32 Å². The molecule has 0 bridgehead atoms. The molecule has 0 saturated carbocycles. The van der Waals surface area contributed by atoms with Gasteiger partial charge in [0.05, 0.1) is 6.04 Å². The number of nitrogens with one attached hydrogen (secondary N) is 1. The first-order valence-electron chi connectivity index (χ1n) is 6.90. The molecule has 1 aromatic heterocycles. The molecule has 1 heterocycles. The van der Waals surface area contributed by atoms with Crippen LogP contribution in [-0.4, -0.2) is 23.9 Å². The summed E-state index contributed by atoms with van der Waals surface area (Å²) >= 11 is 1.61. The number of methoxy groups -OCH3 is 1. The molecule has 2 rings (SSSR count). The predicted molar refractivity (Wildman–Crippen MR) is 81.9 cm³/mol. The van der Waals surface area contributed by atoms with E-state index >= 15 is 0 Å². The summed E-state index contributed by atoms with van der Waals surface area (Å²) in [5.74, 6) is 0. The summed E-state index contributed by atoms with van der Waals surface area (Å²) in [6.45, 7) is 5.10. The third kappa shape index (κ3) is 3.62. The van der Waals surface area contributed by atoms with Crippen molar-refractivity contribution in [2.75, 3.05) is 13.7 Å². The van der Waals surface area contributed by atoms with E-state index in [1.54, 1.807) is 18.4 Å². The van der Waals surface area contributed by atoms with Gasteiger partial charge in [-0.15, -0.1) is 10.2 Å². The molecule has 1 aromatic carbocycles. The van der Waals surface area contributed by atoms with E-state index in [4.69, 9.17) is 4.74 Å². The van der Waals surface area contributed by atoms with Crippen LogP contribution in [0.4, 0.5) is 0 Å². The highest BCUT2D eigenvalue weighted by Gasteiger charge is 2.20. The maximum absolute atomic E-state index is 5.30. The molecular weight excluding hydrogens is 270 g/mol. The van der Waals surface area contributed by atoms with E-state index < -0.39 is 0 Å². The van der Waals surface area contributed by atoms with Crippen molar-refractivity contribution in [1.29, 1.82) is 0 Å². The first-order valence-corrected chi connectivity index (χ1v) is 7.72. The van der Waals surface area contributed by atoms with Gasteiger partial charge in [0.1, 0.15) is 16.1 Å². The van der Waals surface area contributed by atoms with Crippen molar-refractivity contribution in [3.05, 3.63) is 45.9 Å². The van der Waals surface area contributed by atoms with Crippen molar-refractivity contribution in [2.45, 2.75) is 32.4 Å². The first kappa shape index (κ1) is 15.1. The van der Waals surface area contributed by atoms with Gasteiger partial charge in [0, 0.05) is 7.11 Å². The molecule has 0 amide bonds. The van der Waals surface area contributed by atoms with Crippen LogP contribution in [0.5, 0.6) is 0 Å². The van der Waals surface area contributed by atoms with Crippen LogP contribution in [0.2, 0.25) is 0 Å². The van der Waals surface area contributed by atoms with Gasteiger partial charge in [-0.25, -0.2) is 0 Å². The summed E-state index contributed by atoms with van der Waals surface area (Å²) in [6, 6.07) is 10.5. The van der Waals surface area contributed by atoms with Gasteiger partial charge in [-0.3, -0.25) is 0 Å². The summed E-state index contributed by atoms with van der Waals surface area (Å²) in [5, 5.41) is 14.0. The topological polar surface area (TPSA) is 47.0 Å². The number of hydrogen-bond donors (Lipinski definition) is 1. The van der Waals surface area contributed by atoms with Crippen molar-refractivity contribution >= 4 is 11.3 Å². The molecule has 0 aliphatic heterocycles. The summed E-state index contributed by atoms with van der Waals surface area (Å²) in [7, 11) is 1.69. The average molecular weight is 291 g/mol. The summed E-state index contributed by atoms with van der Waals surface area (Å²) in [4.78, 5) is 0. The van der Waals surface area contributed by atoms with Gasteiger partial charge in [0.15, 0.2) is 0 Å². The van der Waals surface area contributed by atoms with E-state index in [9.17, 15) is 0 Å². The summed E-state index contributed by atoms with van der Waals surface area (Å²) in [5.41, 5.74) is 1.22. The quantitative estimate of drug-likeness (QED) is 0.850. The Hall–Kier alpha value is -1.30. The van der Waals surface area contributed by atoms with Crippen LogP contribution >= 0.6 is 11.3 Å². The van der Waals surface area contributed by atoms with E-state index in [-0.39, 0.29) is 12.1 Å². The number of nitrogens with zero attached hydrogens (tertiary/aromatic N) is 2. The molecule has 2 atom stereocenters. The highest BCUT2D eigenvalue weighted by Crippen LogP contribution is 2.28. The molecule has 1 N–H and O–H groups in total. The summed E-state index contributed by atoms with van der Waals surface area (Å²) in [6.07, 6.45) is 1.08. The van der Waals surface area contributed by atoms with Crippen molar-refractivity contribution in [3.8, 4) is 0 Å². The smallest absolute Gasteiger partial charge is 0.146 e. The minimum atomic E-state index is -0.0103. The maximum atomic E-state index is 5.30. The molecule has 108 valence electrons. The van der Waals surface area contributed by atoms with E-state index in [0.29, 0.717) is 0 Å². The molecule has 0 aliphatic rings. The Balaban J connectivity index is 2.24. The molecule has 20 heavy (non-hydrogen) atoms. The average Bonchev–Trinajstić information content (AvgIpc) is 2.98. The summed E-state index contributed by atoms with van der Waals surface area (Å²) < 4.78 is 5.30. The Bertz CT molecular complexity index is 515. The van der Waals surface area contributed by atoms with Crippen molar-refractivity contribution in [2.24, 2.45) is 0 Å². The van der Waals surface area contributed by atoms with Gasteiger partial charge in [-0.1, -0.05) is 48.6 Å². The molecule has 0 spiro atoms. The lowest BCUT2D eigenvalue weighted by Gasteiger charge is -2.15. The van der Waals surface area contributed by atoms with E-state index in [2.05, 4.69) is 46.7 Å². The lowest BCUT2D eigenvalue weighted by Crippen LogP contribution is -2.23. The zero-order valence-electron chi connectivity index (χ0n) is 12.2. The van der Waals surface area contributed by atoms with E-state index in [1.807, 2.05) is 13.0 Å². The number of benzene rings is 1. The van der Waals surface area contributed by atoms with Gasteiger partial charge >= 0.3 is 0 Å². The standard InChI is InChI=1S/C15H21N3OS/c1-4-10-16-13(12-8-6-5-7-9-12)15-18-17-14(20-15)11(2)19-3/h5-9,11,13,16H,4,10H2,1-3H3. The van der Waals surface area contributed by atoms with Crippen molar-refractivity contribution in [1.82, 2.24) is 15.5 Å². The van der Waals surface area contributed by atoms with Gasteiger partial charge in [-0.05, 0) is 25.5 Å². The number of rotatable bonds is 7. The fraction of sp³-hybridized carbons (Fsp3) is 0.467. The molecule has 2 aromatic rings. The molecule has 2 unspecified atom stereocenters. The van der Waals surface area contributed by atoms with Gasteiger partial charge < -0.3 is 10.1 Å². The number of aromatic nitrogens is 2. The number of hydrogen-bond acceptors (Lipinski definition) is 5. The van der Waals surface area contributed by atoms with Crippen LogP contribution in [0, 0.1) is 0 Å². The zero-order valence-corrected chi connectivity index (χ0v) is 13.0. The third-order valence-corrected chi connectivity index (χ3v) is 4.29. The van der Waals surface area contributed by atoms with Gasteiger partial charge in [-0.2, -0.15) is 0 Å². The molecular formula is C15H21N3OS. The molecule has 0 radical (unpaired) electrons. The maximum Gasteiger partial charge on any atom is 0.146 e. The minimum absolute atomic E-state index is 0.0103. The molecule has 5 heteroatoms.